The van der Waals surface area contributed by atoms with Gasteiger partial charge in [-0.25, -0.2) is 4.39 Å². The Hall–Kier alpha value is -2.40. The van der Waals surface area contributed by atoms with Crippen LogP contribution in [0, 0.1) is 5.82 Å². The van der Waals surface area contributed by atoms with Crippen LogP contribution in [-0.2, 0) is 0 Å². The molecule has 4 nitrogen and oxygen atoms in total. The first-order chi connectivity index (χ1) is 13.7. The SMILES string of the molecule is O=C(CCCN1CCC2C(C1)c1cccc3c1N2CCN3)c1ccc(F)cc1. The number of nitrogens with zero attached hydrogens (tertiary/aromatic N) is 2. The molecule has 2 unspecified atom stereocenters. The predicted octanol–water partition coefficient (Wildman–Crippen LogP) is 3.89. The van der Waals surface area contributed by atoms with E-state index in [-0.39, 0.29) is 11.6 Å². The number of benzene rings is 2. The Labute approximate surface area is 165 Å². The highest BCUT2D eigenvalue weighted by atomic mass is 19.1. The number of nitrogens with one attached hydrogen (secondary N) is 1. The van der Waals surface area contributed by atoms with Gasteiger partial charge in [-0.3, -0.25) is 4.79 Å². The average Bonchev–Trinajstić information content (AvgIpc) is 3.04. The molecule has 0 saturated carbocycles. The number of anilines is 2. The lowest BCUT2D eigenvalue weighted by Gasteiger charge is -2.40. The number of halogens is 1. The van der Waals surface area contributed by atoms with Crippen LogP contribution >= 0.6 is 0 Å². The maximum atomic E-state index is 13.0. The first kappa shape index (κ1) is 17.7. The number of carbonyl (C=O) groups excluding carboxylic acids is 1. The van der Waals surface area contributed by atoms with Crippen molar-refractivity contribution in [3.05, 3.63) is 59.4 Å². The van der Waals surface area contributed by atoms with E-state index in [0.29, 0.717) is 23.9 Å². The summed E-state index contributed by atoms with van der Waals surface area (Å²) in [6.07, 6.45) is 2.56. The van der Waals surface area contributed by atoms with E-state index in [9.17, 15) is 9.18 Å². The molecule has 0 radical (unpaired) electrons. The number of ketones is 1. The van der Waals surface area contributed by atoms with Gasteiger partial charge in [0.05, 0.1) is 11.4 Å². The highest BCUT2D eigenvalue weighted by Gasteiger charge is 2.43. The van der Waals surface area contributed by atoms with E-state index < -0.39 is 0 Å². The summed E-state index contributed by atoms with van der Waals surface area (Å²) >= 11 is 0. The Morgan fingerprint density at radius 3 is 2.86 bits per heavy atom. The maximum Gasteiger partial charge on any atom is 0.162 e. The summed E-state index contributed by atoms with van der Waals surface area (Å²) < 4.78 is 13.0. The molecule has 2 aromatic carbocycles. The number of carbonyl (C=O) groups is 1. The van der Waals surface area contributed by atoms with Gasteiger partial charge in [0.1, 0.15) is 5.82 Å². The number of hydrogen-bond acceptors (Lipinski definition) is 4. The van der Waals surface area contributed by atoms with Crippen molar-refractivity contribution in [2.24, 2.45) is 0 Å². The van der Waals surface area contributed by atoms with E-state index in [1.807, 2.05) is 0 Å². The van der Waals surface area contributed by atoms with Gasteiger partial charge in [0.2, 0.25) is 0 Å². The van der Waals surface area contributed by atoms with Gasteiger partial charge >= 0.3 is 0 Å². The topological polar surface area (TPSA) is 35.6 Å². The van der Waals surface area contributed by atoms with Gasteiger partial charge in [-0.05, 0) is 55.3 Å². The second-order valence-electron chi connectivity index (χ2n) is 8.16. The van der Waals surface area contributed by atoms with Crippen LogP contribution in [0.25, 0.3) is 0 Å². The Bertz CT molecular complexity index is 882. The zero-order chi connectivity index (χ0) is 19.1. The molecule has 0 spiro atoms. The maximum absolute atomic E-state index is 13.0. The van der Waals surface area contributed by atoms with Gasteiger partial charge in [-0.15, -0.1) is 0 Å². The summed E-state index contributed by atoms with van der Waals surface area (Å²) in [5.41, 5.74) is 4.81. The van der Waals surface area contributed by atoms with Crippen LogP contribution in [0.15, 0.2) is 42.5 Å². The average molecular weight is 379 g/mol. The first-order valence-corrected chi connectivity index (χ1v) is 10.4. The molecule has 3 heterocycles. The quantitative estimate of drug-likeness (QED) is 0.800. The van der Waals surface area contributed by atoms with E-state index >= 15 is 0 Å². The number of likely N-dealkylation sites (tertiary alicyclic amines) is 1. The van der Waals surface area contributed by atoms with Crippen molar-refractivity contribution in [1.82, 2.24) is 4.90 Å². The number of rotatable bonds is 5. The second kappa shape index (κ2) is 7.21. The number of hydrogen-bond donors (Lipinski definition) is 1. The van der Waals surface area contributed by atoms with Crippen molar-refractivity contribution in [2.75, 3.05) is 42.9 Å². The third-order valence-corrected chi connectivity index (χ3v) is 6.53. The van der Waals surface area contributed by atoms with Crippen molar-refractivity contribution in [3.63, 3.8) is 0 Å². The van der Waals surface area contributed by atoms with Crippen molar-refractivity contribution < 1.29 is 9.18 Å². The third-order valence-electron chi connectivity index (χ3n) is 6.53. The van der Waals surface area contributed by atoms with Crippen molar-refractivity contribution >= 4 is 17.2 Å². The zero-order valence-corrected chi connectivity index (χ0v) is 16.0. The smallest absolute Gasteiger partial charge is 0.162 e. The molecule has 5 heteroatoms. The van der Waals surface area contributed by atoms with Gasteiger partial charge in [0.15, 0.2) is 5.78 Å². The molecule has 3 aliphatic heterocycles. The molecule has 2 aromatic rings. The van der Waals surface area contributed by atoms with E-state index in [4.69, 9.17) is 0 Å². The Kier molecular flexibility index (Phi) is 4.55. The van der Waals surface area contributed by atoms with Crippen LogP contribution < -0.4 is 10.2 Å². The number of para-hydroxylation sites is 1. The fraction of sp³-hybridized carbons (Fsp3) is 0.435. The van der Waals surface area contributed by atoms with Gasteiger partial charge in [-0.1, -0.05) is 12.1 Å². The molecular weight excluding hydrogens is 353 g/mol. The molecule has 0 aromatic heterocycles. The largest absolute Gasteiger partial charge is 0.382 e. The zero-order valence-electron chi connectivity index (χ0n) is 16.0. The van der Waals surface area contributed by atoms with Crippen molar-refractivity contribution in [3.8, 4) is 0 Å². The molecule has 28 heavy (non-hydrogen) atoms. The normalized spacial score (nSPS) is 23.1. The number of piperidine rings is 1. The minimum absolute atomic E-state index is 0.105. The first-order valence-electron chi connectivity index (χ1n) is 10.4. The molecule has 0 aliphatic carbocycles. The standard InChI is InChI=1S/C23H26FN3O/c24-17-8-6-16(7-9-17)22(28)5-2-12-26-13-10-21-19(15-26)18-3-1-4-20-23(18)27(21)14-11-25-20/h1,3-4,6-9,19,21,25H,2,5,10-15H2. The minimum atomic E-state index is -0.298. The highest BCUT2D eigenvalue weighted by molar-refractivity contribution is 5.95. The van der Waals surface area contributed by atoms with E-state index in [1.54, 1.807) is 12.1 Å². The second-order valence-corrected chi connectivity index (χ2v) is 8.16. The van der Waals surface area contributed by atoms with Gasteiger partial charge < -0.3 is 15.1 Å². The van der Waals surface area contributed by atoms with Crippen LogP contribution in [0.1, 0.15) is 41.1 Å². The summed E-state index contributed by atoms with van der Waals surface area (Å²) in [6.45, 7) is 5.23. The van der Waals surface area contributed by atoms with E-state index in [1.165, 1.54) is 35.5 Å². The van der Waals surface area contributed by atoms with Gasteiger partial charge in [0.25, 0.3) is 0 Å². The molecule has 2 atom stereocenters. The van der Waals surface area contributed by atoms with Crippen LogP contribution in [0.3, 0.4) is 0 Å². The van der Waals surface area contributed by atoms with Crippen molar-refractivity contribution in [1.29, 1.82) is 0 Å². The Morgan fingerprint density at radius 2 is 2.00 bits per heavy atom. The van der Waals surface area contributed by atoms with E-state index in [0.717, 1.165) is 39.1 Å². The molecule has 5 rings (SSSR count). The van der Waals surface area contributed by atoms with Gasteiger partial charge in [0, 0.05) is 50.1 Å². The molecule has 1 N–H and O–H groups in total. The van der Waals surface area contributed by atoms with Crippen LogP contribution in [0.4, 0.5) is 15.8 Å². The molecule has 0 amide bonds. The lowest BCUT2D eigenvalue weighted by Crippen LogP contribution is -2.48. The Morgan fingerprint density at radius 1 is 1.14 bits per heavy atom. The van der Waals surface area contributed by atoms with Crippen LogP contribution in [-0.4, -0.2) is 49.4 Å². The van der Waals surface area contributed by atoms with Gasteiger partial charge in [-0.2, -0.15) is 0 Å². The molecule has 0 bridgehead atoms. The predicted molar refractivity (Wildman–Crippen MR) is 110 cm³/mol. The summed E-state index contributed by atoms with van der Waals surface area (Å²) in [7, 11) is 0. The number of fused-ring (bicyclic) bond motifs is 3. The fourth-order valence-corrected chi connectivity index (χ4v) is 5.21. The molecule has 3 aliphatic rings. The van der Waals surface area contributed by atoms with Crippen LogP contribution in [0.2, 0.25) is 0 Å². The monoisotopic (exact) mass is 379 g/mol. The Balaban J connectivity index is 1.20. The minimum Gasteiger partial charge on any atom is -0.382 e. The summed E-state index contributed by atoms with van der Waals surface area (Å²) in [4.78, 5) is 17.5. The lowest BCUT2D eigenvalue weighted by molar-refractivity contribution is 0.0971. The van der Waals surface area contributed by atoms with Crippen LogP contribution in [0.5, 0.6) is 0 Å². The fourth-order valence-electron chi connectivity index (χ4n) is 5.21. The molecular formula is C23H26FN3O. The molecule has 1 saturated heterocycles. The highest BCUT2D eigenvalue weighted by Crippen LogP contribution is 2.49. The summed E-state index contributed by atoms with van der Waals surface area (Å²) in [5.74, 6) is 0.373. The third kappa shape index (κ3) is 3.08. The molecule has 1 fully saturated rings. The van der Waals surface area contributed by atoms with Crippen molar-refractivity contribution in [2.45, 2.75) is 31.2 Å². The van der Waals surface area contributed by atoms with E-state index in [2.05, 4.69) is 33.3 Å². The number of Topliss-reactive ketones (excluding diaryl/α,β-unsaturated/α-hetero) is 1. The summed E-state index contributed by atoms with van der Waals surface area (Å²) in [5, 5.41) is 3.54. The lowest BCUT2D eigenvalue weighted by atomic mass is 9.89. The molecule has 146 valence electrons. The summed E-state index contributed by atoms with van der Waals surface area (Å²) in [6, 6.07) is 13.2.